The number of halogens is 2. The van der Waals surface area contributed by atoms with Crippen molar-refractivity contribution in [3.05, 3.63) is 70.8 Å². The summed E-state index contributed by atoms with van der Waals surface area (Å²) in [5.74, 6) is 1.67. The van der Waals surface area contributed by atoms with Gasteiger partial charge in [-0.15, -0.1) is 11.6 Å². The minimum atomic E-state index is -0.261. The predicted octanol–water partition coefficient (Wildman–Crippen LogP) is 7.94. The molecule has 2 aromatic carbocycles. The molecule has 0 aromatic heterocycles. The van der Waals surface area contributed by atoms with E-state index in [9.17, 15) is 4.79 Å². The van der Waals surface area contributed by atoms with Crippen molar-refractivity contribution in [2.75, 3.05) is 0 Å². The molecule has 0 aliphatic rings. The van der Waals surface area contributed by atoms with E-state index in [1.807, 2.05) is 6.92 Å². The molecule has 1 unspecified atom stereocenters. The van der Waals surface area contributed by atoms with Gasteiger partial charge in [-0.3, -0.25) is 4.79 Å². The first kappa shape index (κ1) is 25.7. The number of rotatable bonds is 6. The van der Waals surface area contributed by atoms with E-state index in [-0.39, 0.29) is 18.6 Å². The molecule has 0 bridgehead atoms. The van der Waals surface area contributed by atoms with Gasteiger partial charge in [0, 0.05) is 11.8 Å². The van der Waals surface area contributed by atoms with E-state index in [0.29, 0.717) is 17.7 Å². The summed E-state index contributed by atoms with van der Waals surface area (Å²) in [5, 5.41) is -0.261. The van der Waals surface area contributed by atoms with E-state index in [1.165, 1.54) is 22.3 Å². The molecule has 150 valence electrons. The van der Waals surface area contributed by atoms with Crippen LogP contribution in [-0.2, 0) is 17.1 Å². The summed E-state index contributed by atoms with van der Waals surface area (Å²) in [6.07, 6.45) is 0.723. The van der Waals surface area contributed by atoms with E-state index in [4.69, 9.17) is 23.2 Å². The maximum atomic E-state index is 10.9. The van der Waals surface area contributed by atoms with Gasteiger partial charge in [-0.2, -0.15) is 0 Å². The Balaban J connectivity index is 0.000000504. The van der Waals surface area contributed by atoms with Crippen LogP contribution in [0.5, 0.6) is 0 Å². The fraction of sp³-hybridized carbons (Fsp3) is 0.458. The highest BCUT2D eigenvalue weighted by Gasteiger charge is 2.10. The van der Waals surface area contributed by atoms with Gasteiger partial charge < -0.3 is 0 Å². The Kier molecular flexibility index (Phi) is 12.3. The topological polar surface area (TPSA) is 17.1 Å². The molecule has 2 aromatic rings. The summed E-state index contributed by atoms with van der Waals surface area (Å²) < 4.78 is 0. The Bertz CT molecular complexity index is 658. The second-order valence-corrected chi connectivity index (χ2v) is 7.98. The lowest BCUT2D eigenvalue weighted by atomic mass is 9.98. The van der Waals surface area contributed by atoms with Gasteiger partial charge in [-0.25, -0.2) is 0 Å². The maximum absolute atomic E-state index is 10.9. The highest BCUT2D eigenvalue weighted by atomic mass is 35.5. The first-order valence-corrected chi connectivity index (χ1v) is 10.1. The Morgan fingerprint density at radius 3 is 1.44 bits per heavy atom. The van der Waals surface area contributed by atoms with Crippen molar-refractivity contribution in [3.63, 3.8) is 0 Å². The van der Waals surface area contributed by atoms with Crippen LogP contribution in [0.15, 0.2) is 48.5 Å². The van der Waals surface area contributed by atoms with Crippen molar-refractivity contribution in [1.82, 2.24) is 0 Å². The van der Waals surface area contributed by atoms with Gasteiger partial charge in [0.15, 0.2) is 0 Å². The molecule has 0 saturated carbocycles. The number of benzene rings is 2. The van der Waals surface area contributed by atoms with Crippen LogP contribution < -0.4 is 0 Å². The minimum Gasteiger partial charge on any atom is -0.281 e. The summed E-state index contributed by atoms with van der Waals surface area (Å²) in [6, 6.07) is 16.8. The molecule has 0 fully saturated rings. The van der Waals surface area contributed by atoms with E-state index in [1.54, 1.807) is 0 Å². The molecule has 0 N–H and O–H groups in total. The van der Waals surface area contributed by atoms with Crippen molar-refractivity contribution in [3.8, 4) is 0 Å². The largest absolute Gasteiger partial charge is 0.281 e. The smallest absolute Gasteiger partial charge is 0.224 e. The first-order chi connectivity index (χ1) is 12.2. The van der Waals surface area contributed by atoms with Gasteiger partial charge in [0.05, 0.1) is 0 Å². The monoisotopic (exact) mass is 408 g/mol. The third-order valence-electron chi connectivity index (χ3n) is 4.38. The first-order valence-electron chi connectivity index (χ1n) is 9.17. The molecule has 0 aliphatic heterocycles. The zero-order valence-corrected chi connectivity index (χ0v) is 17.9. The lowest BCUT2D eigenvalue weighted by Gasteiger charge is -2.09. The highest BCUT2D eigenvalue weighted by Crippen LogP contribution is 2.17. The molecule has 0 saturated heterocycles. The molecule has 0 radical (unpaired) electrons. The average molecular weight is 409 g/mol. The number of carbonyl (C=O) groups is 1. The fourth-order valence-corrected chi connectivity index (χ4v) is 2.72. The van der Waals surface area contributed by atoms with Gasteiger partial charge in [-0.1, -0.05) is 90.6 Å². The van der Waals surface area contributed by atoms with Crippen LogP contribution in [0.3, 0.4) is 0 Å². The SMILES string of the molecule is C.CC(C)c1ccc(CCl)cc1.CC(Cc1ccc(C(C)C)cc1)C(=O)Cl. The Labute approximate surface area is 176 Å². The Hall–Kier alpha value is -1.31. The molecule has 0 spiro atoms. The maximum Gasteiger partial charge on any atom is 0.224 e. The van der Waals surface area contributed by atoms with Gasteiger partial charge in [-0.05, 0) is 52.1 Å². The second-order valence-electron chi connectivity index (χ2n) is 7.34. The standard InChI is InChI=1S/C13H17ClO.C10H13Cl.CH4/c1-9(2)12-6-4-11(5-7-12)8-10(3)13(14)15;1-8(2)10-5-3-9(7-11)4-6-10;/h4-7,9-10H,8H2,1-3H3;3-6,8H,7H2,1-2H3;1H4. The third-order valence-corrected chi connectivity index (χ3v) is 5.06. The Morgan fingerprint density at radius 2 is 1.15 bits per heavy atom. The van der Waals surface area contributed by atoms with E-state index in [2.05, 4.69) is 76.2 Å². The predicted molar refractivity (Wildman–Crippen MR) is 121 cm³/mol. The van der Waals surface area contributed by atoms with E-state index >= 15 is 0 Å². The lowest BCUT2D eigenvalue weighted by Crippen LogP contribution is -2.07. The zero-order valence-electron chi connectivity index (χ0n) is 16.4. The third kappa shape index (κ3) is 9.44. The quantitative estimate of drug-likeness (QED) is 0.350. The Morgan fingerprint density at radius 1 is 0.778 bits per heavy atom. The van der Waals surface area contributed by atoms with Crippen LogP contribution in [0.4, 0.5) is 0 Å². The average Bonchev–Trinajstić information content (AvgIpc) is 2.62. The van der Waals surface area contributed by atoms with Crippen molar-refractivity contribution >= 4 is 28.4 Å². The van der Waals surface area contributed by atoms with Gasteiger partial charge in [0.25, 0.3) is 0 Å². The molecule has 0 aliphatic carbocycles. The van der Waals surface area contributed by atoms with Crippen molar-refractivity contribution in [1.29, 1.82) is 0 Å². The number of hydrogen-bond acceptors (Lipinski definition) is 1. The van der Waals surface area contributed by atoms with Crippen LogP contribution in [0.2, 0.25) is 0 Å². The molecule has 0 heterocycles. The number of hydrogen-bond donors (Lipinski definition) is 0. The molecule has 0 amide bonds. The molecular weight excluding hydrogens is 375 g/mol. The van der Waals surface area contributed by atoms with Gasteiger partial charge >= 0.3 is 0 Å². The minimum absolute atomic E-state index is 0. The summed E-state index contributed by atoms with van der Waals surface area (Å²) in [4.78, 5) is 10.9. The fourth-order valence-electron chi connectivity index (χ4n) is 2.46. The molecule has 3 heteroatoms. The molecule has 2 rings (SSSR count). The summed E-state index contributed by atoms with van der Waals surface area (Å²) >= 11 is 11.1. The molecule has 27 heavy (non-hydrogen) atoms. The zero-order chi connectivity index (χ0) is 19.7. The van der Waals surface area contributed by atoms with Crippen LogP contribution in [0.25, 0.3) is 0 Å². The molecule has 1 atom stereocenters. The van der Waals surface area contributed by atoms with Crippen molar-refractivity contribution in [2.24, 2.45) is 5.92 Å². The number of carbonyl (C=O) groups excluding carboxylic acids is 1. The number of alkyl halides is 1. The lowest BCUT2D eigenvalue weighted by molar-refractivity contribution is -0.114. The van der Waals surface area contributed by atoms with Crippen LogP contribution in [-0.4, -0.2) is 5.24 Å². The van der Waals surface area contributed by atoms with Crippen LogP contribution in [0.1, 0.15) is 76.1 Å². The van der Waals surface area contributed by atoms with E-state index < -0.39 is 0 Å². The van der Waals surface area contributed by atoms with Gasteiger partial charge in [0.2, 0.25) is 5.24 Å². The normalized spacial score (nSPS) is 11.4. The molecule has 1 nitrogen and oxygen atoms in total. The van der Waals surface area contributed by atoms with Crippen molar-refractivity contribution in [2.45, 2.75) is 66.2 Å². The van der Waals surface area contributed by atoms with E-state index in [0.717, 1.165) is 6.42 Å². The summed E-state index contributed by atoms with van der Waals surface area (Å²) in [6.45, 7) is 10.6. The van der Waals surface area contributed by atoms with Crippen LogP contribution in [0, 0.1) is 5.92 Å². The van der Waals surface area contributed by atoms with Crippen LogP contribution >= 0.6 is 23.2 Å². The second kappa shape index (κ2) is 13.0. The molecular formula is C24H34Cl2O. The van der Waals surface area contributed by atoms with Crippen molar-refractivity contribution < 1.29 is 4.79 Å². The highest BCUT2D eigenvalue weighted by molar-refractivity contribution is 6.63. The summed E-state index contributed by atoms with van der Waals surface area (Å²) in [7, 11) is 0. The summed E-state index contributed by atoms with van der Waals surface area (Å²) in [5.41, 5.74) is 5.06. The van der Waals surface area contributed by atoms with Gasteiger partial charge in [0.1, 0.15) is 0 Å².